The molecular formula is C13H19FN2O2. The van der Waals surface area contributed by atoms with Crippen LogP contribution < -0.4 is 15.8 Å². The van der Waals surface area contributed by atoms with E-state index in [9.17, 15) is 4.39 Å². The van der Waals surface area contributed by atoms with Gasteiger partial charge in [-0.25, -0.2) is 4.39 Å². The lowest BCUT2D eigenvalue weighted by molar-refractivity contribution is 0.134. The highest BCUT2D eigenvalue weighted by atomic mass is 19.1. The van der Waals surface area contributed by atoms with Gasteiger partial charge < -0.3 is 20.5 Å². The molecule has 1 fully saturated rings. The highest BCUT2D eigenvalue weighted by Crippen LogP contribution is 2.29. The van der Waals surface area contributed by atoms with Crippen LogP contribution in [0, 0.1) is 11.7 Å². The van der Waals surface area contributed by atoms with Gasteiger partial charge in [0.05, 0.1) is 25.1 Å². The molecule has 0 amide bonds. The lowest BCUT2D eigenvalue weighted by atomic mass is 10.2. The minimum absolute atomic E-state index is 0.186. The lowest BCUT2D eigenvalue weighted by Gasteiger charge is -2.12. The second-order valence-electron chi connectivity index (χ2n) is 4.52. The summed E-state index contributed by atoms with van der Waals surface area (Å²) >= 11 is 0. The molecule has 0 aromatic heterocycles. The quantitative estimate of drug-likeness (QED) is 0.579. The Morgan fingerprint density at radius 2 is 2.22 bits per heavy atom. The first-order valence-corrected chi connectivity index (χ1v) is 6.15. The van der Waals surface area contributed by atoms with Crippen LogP contribution in [-0.4, -0.2) is 26.9 Å². The summed E-state index contributed by atoms with van der Waals surface area (Å²) in [6, 6.07) is 2.82. The molecule has 0 bridgehead atoms. The molecule has 4 nitrogen and oxygen atoms in total. The minimum atomic E-state index is -0.453. The number of ether oxygens (including phenoxy) is 2. The summed E-state index contributed by atoms with van der Waals surface area (Å²) in [5.74, 6) is 0.497. The predicted octanol–water partition coefficient (Wildman–Crippen LogP) is 2.25. The Hall–Kier alpha value is -1.49. The molecular weight excluding hydrogens is 235 g/mol. The highest BCUT2D eigenvalue weighted by molar-refractivity contribution is 5.68. The molecule has 18 heavy (non-hydrogen) atoms. The Morgan fingerprint density at radius 1 is 1.44 bits per heavy atom. The summed E-state index contributed by atoms with van der Waals surface area (Å²) in [4.78, 5) is 0. The third-order valence-electron chi connectivity index (χ3n) is 2.94. The smallest absolute Gasteiger partial charge is 0.167 e. The maximum absolute atomic E-state index is 13.3. The number of rotatable bonds is 7. The van der Waals surface area contributed by atoms with Crippen LogP contribution in [0.4, 0.5) is 15.8 Å². The number of nitrogens with two attached hydrogens (primary N) is 1. The lowest BCUT2D eigenvalue weighted by Crippen LogP contribution is -2.12. The summed E-state index contributed by atoms with van der Waals surface area (Å²) in [5, 5.41) is 3.11. The van der Waals surface area contributed by atoms with Crippen LogP contribution in [0.3, 0.4) is 0 Å². The number of anilines is 2. The van der Waals surface area contributed by atoms with Gasteiger partial charge in [0.1, 0.15) is 0 Å². The molecule has 1 aromatic rings. The molecule has 5 heteroatoms. The molecule has 2 rings (SSSR count). The Kier molecular flexibility index (Phi) is 4.25. The summed E-state index contributed by atoms with van der Waals surface area (Å²) < 4.78 is 23.7. The maximum atomic E-state index is 13.3. The van der Waals surface area contributed by atoms with Crippen molar-refractivity contribution in [1.82, 2.24) is 0 Å². The van der Waals surface area contributed by atoms with Gasteiger partial charge in [-0.1, -0.05) is 0 Å². The molecule has 0 heterocycles. The van der Waals surface area contributed by atoms with Gasteiger partial charge in [-0.15, -0.1) is 0 Å². The van der Waals surface area contributed by atoms with Crippen LogP contribution in [0.25, 0.3) is 0 Å². The van der Waals surface area contributed by atoms with Crippen LogP contribution >= 0.6 is 0 Å². The fraction of sp³-hybridized carbons (Fsp3) is 0.538. The van der Waals surface area contributed by atoms with Crippen LogP contribution in [0.15, 0.2) is 12.1 Å². The number of halogens is 1. The Balaban J connectivity index is 1.79. The standard InChI is InChI=1S/C13H19FN2O2/c1-17-13-7-12(11(15)6-10(13)14)16-4-5-18-8-9-2-3-9/h6-7,9,16H,2-5,8,15H2,1H3. The van der Waals surface area contributed by atoms with Gasteiger partial charge in [-0.2, -0.15) is 0 Å². The summed E-state index contributed by atoms with van der Waals surface area (Å²) in [7, 11) is 1.43. The second kappa shape index (κ2) is 5.91. The summed E-state index contributed by atoms with van der Waals surface area (Å²) in [5.41, 5.74) is 6.76. The second-order valence-corrected chi connectivity index (χ2v) is 4.52. The Morgan fingerprint density at radius 3 is 2.89 bits per heavy atom. The number of hydrogen-bond acceptors (Lipinski definition) is 4. The van der Waals surface area contributed by atoms with E-state index in [0.717, 1.165) is 12.5 Å². The van der Waals surface area contributed by atoms with Gasteiger partial charge in [0.25, 0.3) is 0 Å². The van der Waals surface area contributed by atoms with Crippen molar-refractivity contribution in [2.24, 2.45) is 5.92 Å². The summed E-state index contributed by atoms with van der Waals surface area (Å²) in [6.45, 7) is 2.10. The number of benzene rings is 1. The molecule has 1 aromatic carbocycles. The van der Waals surface area contributed by atoms with Crippen LogP contribution in [-0.2, 0) is 4.74 Å². The monoisotopic (exact) mass is 254 g/mol. The van der Waals surface area contributed by atoms with Gasteiger partial charge in [0, 0.05) is 25.3 Å². The molecule has 0 unspecified atom stereocenters. The van der Waals surface area contributed by atoms with E-state index in [0.29, 0.717) is 24.5 Å². The highest BCUT2D eigenvalue weighted by Gasteiger charge is 2.20. The number of hydrogen-bond donors (Lipinski definition) is 2. The van der Waals surface area contributed by atoms with Gasteiger partial charge >= 0.3 is 0 Å². The van der Waals surface area contributed by atoms with Gasteiger partial charge in [0.15, 0.2) is 11.6 Å². The van der Waals surface area contributed by atoms with Crippen molar-refractivity contribution in [3.63, 3.8) is 0 Å². The Bertz CT molecular complexity index is 408. The van der Waals surface area contributed by atoms with E-state index in [1.165, 1.54) is 26.0 Å². The van der Waals surface area contributed by atoms with E-state index in [1.807, 2.05) is 0 Å². The third-order valence-corrected chi connectivity index (χ3v) is 2.94. The zero-order valence-electron chi connectivity index (χ0n) is 10.5. The van der Waals surface area contributed by atoms with Crippen LogP contribution in [0.2, 0.25) is 0 Å². The van der Waals surface area contributed by atoms with Crippen molar-refractivity contribution in [1.29, 1.82) is 0 Å². The van der Waals surface area contributed by atoms with Crippen molar-refractivity contribution in [2.75, 3.05) is 37.9 Å². The third kappa shape index (κ3) is 3.50. The molecule has 0 aliphatic heterocycles. The van der Waals surface area contributed by atoms with Crippen molar-refractivity contribution in [2.45, 2.75) is 12.8 Å². The fourth-order valence-electron chi connectivity index (χ4n) is 1.67. The van der Waals surface area contributed by atoms with Gasteiger partial charge in [-0.3, -0.25) is 0 Å². The summed E-state index contributed by atoms with van der Waals surface area (Å²) in [6.07, 6.45) is 2.57. The van der Waals surface area contributed by atoms with E-state index < -0.39 is 5.82 Å². The molecule has 3 N–H and O–H groups in total. The van der Waals surface area contributed by atoms with E-state index in [2.05, 4.69) is 5.32 Å². The van der Waals surface area contributed by atoms with Crippen molar-refractivity contribution >= 4 is 11.4 Å². The molecule has 0 radical (unpaired) electrons. The molecule has 0 saturated heterocycles. The fourth-order valence-corrected chi connectivity index (χ4v) is 1.67. The zero-order chi connectivity index (χ0) is 13.0. The van der Waals surface area contributed by atoms with Crippen molar-refractivity contribution in [3.05, 3.63) is 17.9 Å². The van der Waals surface area contributed by atoms with Gasteiger partial charge in [0.2, 0.25) is 0 Å². The van der Waals surface area contributed by atoms with E-state index >= 15 is 0 Å². The maximum Gasteiger partial charge on any atom is 0.167 e. The van der Waals surface area contributed by atoms with E-state index in [-0.39, 0.29) is 5.75 Å². The molecule has 1 saturated carbocycles. The first-order valence-electron chi connectivity index (χ1n) is 6.15. The Labute approximate surface area is 106 Å². The van der Waals surface area contributed by atoms with Gasteiger partial charge in [-0.05, 0) is 18.8 Å². The molecule has 0 spiro atoms. The largest absolute Gasteiger partial charge is 0.494 e. The van der Waals surface area contributed by atoms with E-state index in [1.54, 1.807) is 6.07 Å². The first kappa shape index (κ1) is 13.0. The SMILES string of the molecule is COc1cc(NCCOCC2CC2)c(N)cc1F. The number of nitrogen functional groups attached to an aromatic ring is 1. The zero-order valence-corrected chi connectivity index (χ0v) is 10.5. The average Bonchev–Trinajstić information content (AvgIpc) is 3.15. The van der Waals surface area contributed by atoms with Crippen LogP contribution in [0.1, 0.15) is 12.8 Å². The van der Waals surface area contributed by atoms with Crippen molar-refractivity contribution in [3.8, 4) is 5.75 Å². The van der Waals surface area contributed by atoms with Crippen molar-refractivity contribution < 1.29 is 13.9 Å². The molecule has 100 valence electrons. The predicted molar refractivity (Wildman–Crippen MR) is 69.4 cm³/mol. The first-order chi connectivity index (χ1) is 8.70. The minimum Gasteiger partial charge on any atom is -0.494 e. The molecule has 1 aliphatic rings. The van der Waals surface area contributed by atoms with E-state index in [4.69, 9.17) is 15.2 Å². The normalized spacial score (nSPS) is 14.6. The molecule has 1 aliphatic carbocycles. The topological polar surface area (TPSA) is 56.5 Å². The average molecular weight is 254 g/mol. The number of methoxy groups -OCH3 is 1. The number of nitrogens with one attached hydrogen (secondary N) is 1. The van der Waals surface area contributed by atoms with Crippen LogP contribution in [0.5, 0.6) is 5.75 Å². The molecule has 0 atom stereocenters.